The summed E-state index contributed by atoms with van der Waals surface area (Å²) in [5.41, 5.74) is 0. The van der Waals surface area contributed by atoms with Crippen LogP contribution in [0.15, 0.2) is 0 Å². The van der Waals surface area contributed by atoms with Gasteiger partial charge in [-0.1, -0.05) is 0 Å². The van der Waals surface area contributed by atoms with E-state index in [1.807, 2.05) is 0 Å². The molecule has 8 nitrogen and oxygen atoms in total. The summed E-state index contributed by atoms with van der Waals surface area (Å²) in [7, 11) is -10.8. The first-order chi connectivity index (χ1) is 4.00. The van der Waals surface area contributed by atoms with Crippen molar-refractivity contribution in [1.82, 2.24) is 0 Å². The predicted octanol–water partition coefficient (Wildman–Crippen LogP) is -2.82. The summed E-state index contributed by atoms with van der Waals surface area (Å²) in [4.78, 5) is 0. The van der Waals surface area contributed by atoms with Crippen molar-refractivity contribution in [3.8, 4) is 0 Å². The van der Waals surface area contributed by atoms with Crippen LogP contribution in [0.4, 0.5) is 7.77 Å². The Hall–Kier alpha value is 0.132. The number of rotatable bonds is 0. The number of halogens is 2. The fraction of sp³-hybridized carbons (Fsp3) is 0. The van der Waals surface area contributed by atoms with Crippen LogP contribution in [0.2, 0.25) is 0 Å². The molecule has 0 radical (unpaired) electrons. The maximum Gasteiger partial charge on any atom is 2.00 e. The molecule has 0 aliphatic rings. The number of hydrogen-bond donors (Lipinski definition) is 0. The summed E-state index contributed by atoms with van der Waals surface area (Å²) in [5, 5.41) is 0. The summed E-state index contributed by atoms with van der Waals surface area (Å²) in [6.07, 6.45) is 0. The van der Waals surface area contributed by atoms with Crippen LogP contribution < -0.4 is 0 Å². The normalized spacial score (nSPS) is 8.92. The molecule has 0 amide bonds. The van der Waals surface area contributed by atoms with Gasteiger partial charge in [0, 0.05) is 0 Å². The second-order valence-electron chi connectivity index (χ2n) is 0.786. The predicted molar refractivity (Wildman–Crippen MR) is 28.8 cm³/mol. The first-order valence-corrected chi connectivity index (χ1v) is 3.93. The van der Waals surface area contributed by atoms with E-state index >= 15 is 0 Å². The van der Waals surface area contributed by atoms with Gasteiger partial charge >= 0.3 is 17.4 Å². The van der Waals surface area contributed by atoms with Crippen LogP contribution in [-0.2, 0) is 38.4 Å². The Balaban J connectivity index is -0.0000000267. The summed E-state index contributed by atoms with van der Waals surface area (Å²) in [6, 6.07) is 0. The van der Waals surface area contributed by atoms with Crippen LogP contribution in [0.1, 0.15) is 0 Å². The van der Waals surface area contributed by atoms with Crippen LogP contribution in [0.5, 0.6) is 0 Å². The van der Waals surface area contributed by atoms with Gasteiger partial charge in [0.1, 0.15) is 0 Å². The van der Waals surface area contributed by atoms with Gasteiger partial charge in [-0.3, -0.25) is 0 Å². The molecule has 0 aromatic rings. The van der Waals surface area contributed by atoms with Crippen molar-refractivity contribution < 1.29 is 62.0 Å². The van der Waals surface area contributed by atoms with Crippen molar-refractivity contribution in [3.05, 3.63) is 0 Å². The van der Waals surface area contributed by atoms with Crippen molar-refractivity contribution in [2.45, 2.75) is 0 Å². The Morgan fingerprint density at radius 3 is 0.769 bits per heavy atom. The van der Waals surface area contributed by atoms with Crippen LogP contribution in [0, 0.1) is 0 Å². The van der Waals surface area contributed by atoms with Gasteiger partial charge in [0.05, 0.1) is 0 Å². The Bertz CT molecular complexity index is 217. The van der Waals surface area contributed by atoms with Crippen LogP contribution in [-0.4, -0.2) is 36.9 Å². The van der Waals surface area contributed by atoms with Gasteiger partial charge in [-0.05, 0) is 0 Å². The van der Waals surface area contributed by atoms with Crippen LogP contribution in [0.25, 0.3) is 0 Å². The molecule has 0 aromatic heterocycles. The van der Waals surface area contributed by atoms with Gasteiger partial charge in [-0.15, -0.1) is 7.77 Å². The summed E-state index contributed by atoms with van der Waals surface area (Å²) in [6.45, 7) is 0. The second-order valence-corrected chi connectivity index (χ2v) is 2.36. The van der Waals surface area contributed by atoms with Gasteiger partial charge in [0.25, 0.3) is 21.0 Å². The zero-order valence-electron chi connectivity index (χ0n) is 5.43. The second kappa shape index (κ2) is 10.2. The van der Waals surface area contributed by atoms with E-state index in [2.05, 4.69) is 0 Å². The molecule has 0 fully saturated rings. The first-order valence-electron chi connectivity index (χ1n) is 1.31. The zero-order valence-corrected chi connectivity index (χ0v) is 8.34. The average molecular weight is 286 g/mol. The SMILES string of the molecule is O.O.O=S(=O)([O-])F.O=S(=O)([O-])F.[Cr+2]. The molecule has 0 heterocycles. The molecule has 4 N–H and O–H groups in total. The van der Waals surface area contributed by atoms with Gasteiger partial charge in [0.2, 0.25) is 0 Å². The molecular formula is H4CrF2O8S2. The third-order valence-corrected chi connectivity index (χ3v) is 0. The minimum absolute atomic E-state index is 0. The maximum absolute atomic E-state index is 10.1. The Morgan fingerprint density at radius 2 is 0.769 bits per heavy atom. The topological polar surface area (TPSA) is 177 Å². The van der Waals surface area contributed by atoms with E-state index in [1.54, 1.807) is 0 Å². The molecule has 13 heavy (non-hydrogen) atoms. The van der Waals surface area contributed by atoms with Crippen molar-refractivity contribution in [1.29, 1.82) is 0 Å². The fourth-order valence-corrected chi connectivity index (χ4v) is 0. The van der Waals surface area contributed by atoms with Gasteiger partial charge < -0.3 is 20.1 Å². The van der Waals surface area contributed by atoms with Crippen LogP contribution >= 0.6 is 0 Å². The van der Waals surface area contributed by atoms with Gasteiger partial charge in [-0.2, -0.15) is 0 Å². The first kappa shape index (κ1) is 29.2. The average Bonchev–Trinajstić information content (AvgIpc) is 1.12. The van der Waals surface area contributed by atoms with Crippen molar-refractivity contribution >= 4 is 21.0 Å². The Kier molecular flexibility index (Phi) is 23.0. The van der Waals surface area contributed by atoms with E-state index in [1.165, 1.54) is 0 Å². The number of hydrogen-bond acceptors (Lipinski definition) is 6. The molecule has 0 atom stereocenters. The maximum atomic E-state index is 10.1. The third-order valence-electron chi connectivity index (χ3n) is 0. The summed E-state index contributed by atoms with van der Waals surface area (Å²) in [5.74, 6) is 0. The van der Waals surface area contributed by atoms with E-state index < -0.39 is 21.0 Å². The van der Waals surface area contributed by atoms with Crippen LogP contribution in [0.3, 0.4) is 0 Å². The molecule has 13 heteroatoms. The van der Waals surface area contributed by atoms with E-state index in [0.717, 1.165) is 0 Å². The van der Waals surface area contributed by atoms with E-state index in [-0.39, 0.29) is 28.3 Å². The third kappa shape index (κ3) is 71000. The van der Waals surface area contributed by atoms with Crippen molar-refractivity contribution in [2.75, 3.05) is 0 Å². The molecule has 0 aliphatic heterocycles. The Morgan fingerprint density at radius 1 is 0.769 bits per heavy atom. The summed E-state index contributed by atoms with van der Waals surface area (Å²) < 4.78 is 70.7. The van der Waals surface area contributed by atoms with Gasteiger partial charge in [0.15, 0.2) is 0 Å². The monoisotopic (exact) mass is 286 g/mol. The standard InChI is InChI=1S/Cr.2FHO3S.2H2O/c;2*1-5(2,3)4;;/h;2*(H,2,3,4);2*1H2/q+2;;;;/p-2. The Labute approximate surface area is 83.4 Å². The smallest absolute Gasteiger partial charge is 0.722 e. The molecule has 0 rings (SSSR count). The van der Waals surface area contributed by atoms with E-state index in [9.17, 15) is 7.77 Å². The van der Waals surface area contributed by atoms with Crippen molar-refractivity contribution in [3.63, 3.8) is 0 Å². The molecule has 0 aromatic carbocycles. The molecule has 0 unspecified atom stereocenters. The van der Waals surface area contributed by atoms with E-state index in [0.29, 0.717) is 0 Å². The minimum atomic E-state index is -5.42. The van der Waals surface area contributed by atoms with Gasteiger partial charge in [-0.25, -0.2) is 16.8 Å². The molecular weight excluding hydrogens is 282 g/mol. The molecule has 0 spiro atoms. The molecule has 0 aliphatic carbocycles. The summed E-state index contributed by atoms with van der Waals surface area (Å²) >= 11 is 0. The van der Waals surface area contributed by atoms with Crippen molar-refractivity contribution in [2.24, 2.45) is 0 Å². The molecule has 84 valence electrons. The zero-order chi connectivity index (χ0) is 9.00. The fourth-order valence-electron chi connectivity index (χ4n) is 0. The minimum Gasteiger partial charge on any atom is -0.722 e. The van der Waals surface area contributed by atoms with E-state index in [4.69, 9.17) is 25.9 Å². The molecule has 0 saturated heterocycles. The largest absolute Gasteiger partial charge is 2.00 e. The molecule has 0 saturated carbocycles. The molecule has 0 bridgehead atoms. The quantitative estimate of drug-likeness (QED) is 0.342.